The second kappa shape index (κ2) is 5.79. The van der Waals surface area contributed by atoms with Gasteiger partial charge in [-0.3, -0.25) is 4.79 Å². The molecule has 2 saturated carbocycles. The second-order valence-electron chi connectivity index (χ2n) is 6.37. The number of hydrogen-bond donors (Lipinski definition) is 1. The number of amides is 1. The van der Waals surface area contributed by atoms with Gasteiger partial charge in [-0.15, -0.1) is 0 Å². The fraction of sp³-hybridized carbons (Fsp3) is 0.562. The predicted molar refractivity (Wildman–Crippen MR) is 85.2 cm³/mol. The van der Waals surface area contributed by atoms with Gasteiger partial charge in [-0.05, 0) is 48.8 Å². The standard InChI is InChI=1S/C16H20Cl2N2O/c1-20(8-11-4-5-12(17)7-13(11)18)16(21)14-9-2-3-10(6-9)15(14)19/h4-5,7,9-10,14-15H,2-3,6,8,19H2,1H3. The number of benzene rings is 1. The van der Waals surface area contributed by atoms with E-state index in [-0.39, 0.29) is 17.9 Å². The van der Waals surface area contributed by atoms with Gasteiger partial charge in [0.25, 0.3) is 0 Å². The maximum Gasteiger partial charge on any atom is 0.227 e. The summed E-state index contributed by atoms with van der Waals surface area (Å²) in [6, 6.07) is 5.40. The molecule has 2 aliphatic carbocycles. The summed E-state index contributed by atoms with van der Waals surface area (Å²) in [5.74, 6) is 1.15. The first kappa shape index (κ1) is 15.1. The summed E-state index contributed by atoms with van der Waals surface area (Å²) in [5.41, 5.74) is 7.17. The van der Waals surface area contributed by atoms with Crippen LogP contribution in [-0.2, 0) is 11.3 Å². The van der Waals surface area contributed by atoms with Crippen LogP contribution in [0.15, 0.2) is 18.2 Å². The van der Waals surface area contributed by atoms with Crippen molar-refractivity contribution in [1.29, 1.82) is 0 Å². The highest BCUT2D eigenvalue weighted by Gasteiger charge is 2.49. The Morgan fingerprint density at radius 2 is 2.05 bits per heavy atom. The highest BCUT2D eigenvalue weighted by atomic mass is 35.5. The smallest absolute Gasteiger partial charge is 0.227 e. The lowest BCUT2D eigenvalue weighted by Crippen LogP contribution is -2.45. The Morgan fingerprint density at radius 1 is 1.33 bits per heavy atom. The molecular formula is C16H20Cl2N2O. The Labute approximate surface area is 135 Å². The van der Waals surface area contributed by atoms with Crippen LogP contribution in [0.5, 0.6) is 0 Å². The van der Waals surface area contributed by atoms with E-state index >= 15 is 0 Å². The minimum absolute atomic E-state index is 0.0141. The second-order valence-corrected chi connectivity index (χ2v) is 7.21. The molecule has 2 aliphatic rings. The number of carbonyl (C=O) groups excluding carboxylic acids is 1. The van der Waals surface area contributed by atoms with Crippen molar-refractivity contribution in [2.45, 2.75) is 31.8 Å². The predicted octanol–water partition coefficient (Wildman–Crippen LogP) is 3.33. The van der Waals surface area contributed by atoms with Gasteiger partial charge in [-0.1, -0.05) is 29.3 Å². The molecule has 2 fully saturated rings. The molecule has 1 amide bonds. The minimum Gasteiger partial charge on any atom is -0.341 e. The SMILES string of the molecule is CN(Cc1ccc(Cl)cc1Cl)C(=O)C1C2CCC(C2)C1N. The zero-order valence-electron chi connectivity index (χ0n) is 12.1. The lowest BCUT2D eigenvalue weighted by atomic mass is 9.84. The molecule has 1 aromatic rings. The first-order valence-electron chi connectivity index (χ1n) is 7.42. The first-order chi connectivity index (χ1) is 9.97. The van der Waals surface area contributed by atoms with E-state index in [1.165, 1.54) is 6.42 Å². The number of nitrogens with two attached hydrogens (primary N) is 1. The van der Waals surface area contributed by atoms with Crippen LogP contribution in [0.3, 0.4) is 0 Å². The molecule has 3 nitrogen and oxygen atoms in total. The summed E-state index contributed by atoms with van der Waals surface area (Å²) in [6.07, 6.45) is 3.44. The summed E-state index contributed by atoms with van der Waals surface area (Å²) in [6.45, 7) is 0.495. The largest absolute Gasteiger partial charge is 0.341 e. The molecule has 0 saturated heterocycles. The zero-order chi connectivity index (χ0) is 15.1. The summed E-state index contributed by atoms with van der Waals surface area (Å²) in [4.78, 5) is 14.5. The van der Waals surface area contributed by atoms with E-state index in [1.807, 2.05) is 13.1 Å². The van der Waals surface area contributed by atoms with E-state index in [1.54, 1.807) is 17.0 Å². The third-order valence-electron chi connectivity index (χ3n) is 5.06. The Hall–Kier alpha value is -0.770. The van der Waals surface area contributed by atoms with Crippen molar-refractivity contribution >= 4 is 29.1 Å². The van der Waals surface area contributed by atoms with Gasteiger partial charge in [0.05, 0.1) is 5.92 Å². The van der Waals surface area contributed by atoms with Crippen molar-refractivity contribution in [2.75, 3.05) is 7.05 Å². The number of nitrogens with zero attached hydrogens (tertiary/aromatic N) is 1. The van der Waals surface area contributed by atoms with Gasteiger partial charge < -0.3 is 10.6 Å². The lowest BCUT2D eigenvalue weighted by Gasteiger charge is -2.31. The van der Waals surface area contributed by atoms with Crippen LogP contribution >= 0.6 is 23.2 Å². The molecular weight excluding hydrogens is 307 g/mol. The Kier molecular flexibility index (Phi) is 4.17. The Balaban J connectivity index is 1.70. The van der Waals surface area contributed by atoms with Gasteiger partial charge in [-0.2, -0.15) is 0 Å². The molecule has 0 aliphatic heterocycles. The maximum atomic E-state index is 12.7. The summed E-state index contributed by atoms with van der Waals surface area (Å²) in [7, 11) is 1.83. The molecule has 0 spiro atoms. The molecule has 0 radical (unpaired) electrons. The van der Waals surface area contributed by atoms with Gasteiger partial charge in [0, 0.05) is 29.7 Å². The van der Waals surface area contributed by atoms with E-state index in [0.29, 0.717) is 28.4 Å². The molecule has 2 bridgehead atoms. The van der Waals surface area contributed by atoms with E-state index in [0.717, 1.165) is 18.4 Å². The van der Waals surface area contributed by atoms with E-state index < -0.39 is 0 Å². The van der Waals surface area contributed by atoms with Gasteiger partial charge in [-0.25, -0.2) is 0 Å². The minimum atomic E-state index is -0.0141. The number of halogens is 2. The van der Waals surface area contributed by atoms with Crippen LogP contribution in [0, 0.1) is 17.8 Å². The van der Waals surface area contributed by atoms with Crippen LogP contribution in [0.4, 0.5) is 0 Å². The normalized spacial score (nSPS) is 30.7. The van der Waals surface area contributed by atoms with E-state index in [2.05, 4.69) is 0 Å². The third kappa shape index (κ3) is 2.79. The van der Waals surface area contributed by atoms with Gasteiger partial charge in [0.2, 0.25) is 5.91 Å². The van der Waals surface area contributed by atoms with Crippen LogP contribution < -0.4 is 5.73 Å². The molecule has 114 valence electrons. The fourth-order valence-corrected chi connectivity index (χ4v) is 4.41. The van der Waals surface area contributed by atoms with Crippen molar-refractivity contribution in [2.24, 2.45) is 23.5 Å². The molecule has 4 unspecified atom stereocenters. The maximum absolute atomic E-state index is 12.7. The molecule has 3 rings (SSSR count). The summed E-state index contributed by atoms with van der Waals surface area (Å²) < 4.78 is 0. The van der Waals surface area contributed by atoms with Gasteiger partial charge in [0.15, 0.2) is 0 Å². The van der Waals surface area contributed by atoms with E-state index in [4.69, 9.17) is 28.9 Å². The van der Waals surface area contributed by atoms with E-state index in [9.17, 15) is 4.79 Å². The van der Waals surface area contributed by atoms with Crippen molar-refractivity contribution in [3.8, 4) is 0 Å². The fourth-order valence-electron chi connectivity index (χ4n) is 3.94. The van der Waals surface area contributed by atoms with Crippen LogP contribution in [0.2, 0.25) is 10.0 Å². The van der Waals surface area contributed by atoms with Gasteiger partial charge in [0.1, 0.15) is 0 Å². The number of carbonyl (C=O) groups is 1. The molecule has 0 heterocycles. The molecule has 1 aromatic carbocycles. The molecule has 5 heteroatoms. The third-order valence-corrected chi connectivity index (χ3v) is 5.65. The zero-order valence-corrected chi connectivity index (χ0v) is 13.6. The molecule has 4 atom stereocenters. The number of rotatable bonds is 3. The average Bonchev–Trinajstić information content (AvgIpc) is 3.02. The van der Waals surface area contributed by atoms with Crippen LogP contribution in [-0.4, -0.2) is 23.9 Å². The first-order valence-corrected chi connectivity index (χ1v) is 8.17. The monoisotopic (exact) mass is 326 g/mol. The highest BCUT2D eigenvalue weighted by Crippen LogP contribution is 2.48. The number of fused-ring (bicyclic) bond motifs is 2. The van der Waals surface area contributed by atoms with Crippen molar-refractivity contribution < 1.29 is 4.79 Å². The van der Waals surface area contributed by atoms with Crippen LogP contribution in [0.1, 0.15) is 24.8 Å². The summed E-state index contributed by atoms with van der Waals surface area (Å²) >= 11 is 12.1. The van der Waals surface area contributed by atoms with Crippen LogP contribution in [0.25, 0.3) is 0 Å². The quantitative estimate of drug-likeness (QED) is 0.926. The molecule has 2 N–H and O–H groups in total. The van der Waals surface area contributed by atoms with Crippen molar-refractivity contribution in [3.63, 3.8) is 0 Å². The Morgan fingerprint density at radius 3 is 2.67 bits per heavy atom. The average molecular weight is 327 g/mol. The van der Waals surface area contributed by atoms with Gasteiger partial charge >= 0.3 is 0 Å². The summed E-state index contributed by atoms with van der Waals surface area (Å²) in [5, 5.41) is 1.20. The topological polar surface area (TPSA) is 46.3 Å². The molecule has 21 heavy (non-hydrogen) atoms. The number of hydrogen-bond acceptors (Lipinski definition) is 2. The molecule has 0 aromatic heterocycles. The van der Waals surface area contributed by atoms with Crippen molar-refractivity contribution in [1.82, 2.24) is 4.90 Å². The lowest BCUT2D eigenvalue weighted by molar-refractivity contribution is -0.136. The Bertz CT molecular complexity index is 561. The highest BCUT2D eigenvalue weighted by molar-refractivity contribution is 6.35. The van der Waals surface area contributed by atoms with Crippen molar-refractivity contribution in [3.05, 3.63) is 33.8 Å².